The number of hydrogen-bond acceptors (Lipinski definition) is 8. The molecule has 0 bridgehead atoms. The number of ketones is 1. The van der Waals surface area contributed by atoms with Crippen molar-refractivity contribution in [3.63, 3.8) is 0 Å². The number of benzene rings is 2. The van der Waals surface area contributed by atoms with E-state index in [9.17, 15) is 9.90 Å². The van der Waals surface area contributed by atoms with Crippen LogP contribution in [0.2, 0.25) is 0 Å². The van der Waals surface area contributed by atoms with Crippen molar-refractivity contribution in [2.75, 3.05) is 0 Å². The highest BCUT2D eigenvalue weighted by atomic mass is 32.1. The molecule has 3 heterocycles. The molecule has 1 atom stereocenters. The summed E-state index contributed by atoms with van der Waals surface area (Å²) in [5.41, 5.74) is 4.79. The first-order valence-electron chi connectivity index (χ1n) is 10.8. The normalized spacial score (nSPS) is 12.1. The van der Waals surface area contributed by atoms with Gasteiger partial charge in [0.1, 0.15) is 11.8 Å². The number of aliphatic hydroxyl groups is 1. The Labute approximate surface area is 199 Å². The molecule has 34 heavy (non-hydrogen) atoms. The van der Waals surface area contributed by atoms with Crippen LogP contribution < -0.4 is 0 Å². The van der Waals surface area contributed by atoms with E-state index in [0.29, 0.717) is 29.1 Å². The van der Waals surface area contributed by atoms with Gasteiger partial charge < -0.3 is 14.2 Å². The van der Waals surface area contributed by atoms with Gasteiger partial charge in [0.05, 0.1) is 0 Å². The van der Waals surface area contributed by atoms with Gasteiger partial charge in [-0.2, -0.15) is 16.3 Å². The topological polar surface area (TPSA) is 102 Å². The predicted molar refractivity (Wildman–Crippen MR) is 128 cm³/mol. The van der Waals surface area contributed by atoms with Gasteiger partial charge in [0, 0.05) is 23.1 Å². The van der Waals surface area contributed by atoms with Crippen LogP contribution in [0.25, 0.3) is 34.3 Å². The van der Waals surface area contributed by atoms with Gasteiger partial charge in [-0.05, 0) is 41.3 Å². The molecule has 3 aromatic heterocycles. The number of Topliss-reactive ketones (excluding diaryl/α,β-unsaturated/α-hetero) is 1. The van der Waals surface area contributed by atoms with Crippen molar-refractivity contribution in [1.82, 2.24) is 15.3 Å². The Morgan fingerprint density at radius 3 is 2.53 bits per heavy atom. The highest BCUT2D eigenvalue weighted by molar-refractivity contribution is 7.07. The molecule has 7 nitrogen and oxygen atoms in total. The van der Waals surface area contributed by atoms with Gasteiger partial charge in [0.2, 0.25) is 11.6 Å². The molecule has 5 aromatic rings. The summed E-state index contributed by atoms with van der Waals surface area (Å²) in [6.45, 7) is 1.89. The van der Waals surface area contributed by atoms with Crippen LogP contribution >= 0.6 is 11.3 Å². The van der Waals surface area contributed by atoms with Crippen LogP contribution in [0.4, 0.5) is 0 Å². The Balaban J connectivity index is 1.29. The maximum Gasteiger partial charge on any atom is 0.297 e. The summed E-state index contributed by atoms with van der Waals surface area (Å²) in [7, 11) is 0. The first-order valence-corrected chi connectivity index (χ1v) is 11.7. The van der Waals surface area contributed by atoms with Crippen LogP contribution in [0.15, 0.2) is 80.5 Å². The quantitative estimate of drug-likeness (QED) is 0.311. The Kier molecular flexibility index (Phi) is 6.16. The number of aliphatic hydroxyl groups excluding tert-OH is 1. The molecule has 0 saturated carbocycles. The molecule has 0 fully saturated rings. The molecule has 5 rings (SSSR count). The fraction of sp³-hybridized carbons (Fsp3) is 0.154. The lowest BCUT2D eigenvalue weighted by molar-refractivity contribution is -0.127. The van der Waals surface area contributed by atoms with E-state index in [1.54, 1.807) is 35.6 Å². The second-order valence-electron chi connectivity index (χ2n) is 7.90. The number of carbonyl (C=O) groups excluding carboxylic acids is 1. The van der Waals surface area contributed by atoms with Crippen molar-refractivity contribution < 1.29 is 18.9 Å². The third-order valence-electron chi connectivity index (χ3n) is 5.62. The number of aromatic nitrogens is 3. The number of thiophene rings is 1. The van der Waals surface area contributed by atoms with Crippen molar-refractivity contribution in [2.45, 2.75) is 25.9 Å². The standard InChI is InChI=1S/C26H21N3O4S/c1-16-22(18-5-3-2-4-6-18)28-32-24(16)26-27-25(29-33-26)20-10-8-19(9-11-20)23(31)21(30)12-7-17-13-14-34-15-17/h2-6,8-11,13-15,23,31H,7,12H2,1H3. The summed E-state index contributed by atoms with van der Waals surface area (Å²) in [5, 5.41) is 22.6. The van der Waals surface area contributed by atoms with E-state index in [2.05, 4.69) is 15.3 Å². The molecular weight excluding hydrogens is 450 g/mol. The number of aryl methyl sites for hydroxylation is 1. The summed E-state index contributed by atoms with van der Waals surface area (Å²) >= 11 is 1.59. The second-order valence-corrected chi connectivity index (χ2v) is 8.68. The van der Waals surface area contributed by atoms with Crippen LogP contribution in [0.1, 0.15) is 29.2 Å². The van der Waals surface area contributed by atoms with Crippen molar-refractivity contribution >= 4 is 17.1 Å². The van der Waals surface area contributed by atoms with Crippen molar-refractivity contribution in [3.8, 4) is 34.3 Å². The molecule has 1 N–H and O–H groups in total. The number of hydrogen-bond donors (Lipinski definition) is 1. The molecule has 0 saturated heterocycles. The lowest BCUT2D eigenvalue weighted by atomic mass is 10.00. The molecule has 2 aromatic carbocycles. The number of carbonyl (C=O) groups is 1. The SMILES string of the molecule is Cc1c(-c2ccccc2)noc1-c1nc(-c2ccc(C(O)C(=O)CCc3ccsc3)cc2)no1. The van der Waals surface area contributed by atoms with Gasteiger partial charge >= 0.3 is 0 Å². The summed E-state index contributed by atoms with van der Waals surface area (Å²) in [5.74, 6) is 0.809. The minimum Gasteiger partial charge on any atom is -0.381 e. The van der Waals surface area contributed by atoms with E-state index in [1.807, 2.05) is 54.1 Å². The Hall–Kier alpha value is -3.88. The van der Waals surface area contributed by atoms with Gasteiger partial charge in [0.15, 0.2) is 5.78 Å². The summed E-state index contributed by atoms with van der Waals surface area (Å²) in [6.07, 6.45) is -0.257. The molecule has 0 radical (unpaired) electrons. The third-order valence-corrected chi connectivity index (χ3v) is 6.35. The Morgan fingerprint density at radius 2 is 1.79 bits per heavy atom. The van der Waals surface area contributed by atoms with Crippen LogP contribution in [0.5, 0.6) is 0 Å². The zero-order valence-corrected chi connectivity index (χ0v) is 19.2. The maximum atomic E-state index is 12.4. The van der Waals surface area contributed by atoms with E-state index >= 15 is 0 Å². The van der Waals surface area contributed by atoms with E-state index in [4.69, 9.17) is 9.05 Å². The Bertz CT molecular complexity index is 1390. The highest BCUT2D eigenvalue weighted by Gasteiger charge is 2.22. The summed E-state index contributed by atoms with van der Waals surface area (Å²) in [4.78, 5) is 16.8. The molecule has 0 spiro atoms. The largest absolute Gasteiger partial charge is 0.381 e. The minimum absolute atomic E-state index is 0.212. The Morgan fingerprint density at radius 1 is 1.00 bits per heavy atom. The zero-order valence-electron chi connectivity index (χ0n) is 18.3. The third kappa shape index (κ3) is 4.46. The smallest absolute Gasteiger partial charge is 0.297 e. The van der Waals surface area contributed by atoms with Crippen LogP contribution in [-0.4, -0.2) is 26.2 Å². The van der Waals surface area contributed by atoms with Gasteiger partial charge in [0.25, 0.3) is 5.89 Å². The lowest BCUT2D eigenvalue weighted by Crippen LogP contribution is -2.12. The summed E-state index contributed by atoms with van der Waals surface area (Å²) in [6, 6.07) is 18.6. The molecule has 170 valence electrons. The maximum absolute atomic E-state index is 12.4. The average Bonchev–Trinajstić information content (AvgIpc) is 3.64. The molecule has 0 amide bonds. The van der Waals surface area contributed by atoms with E-state index in [0.717, 1.165) is 22.4 Å². The van der Waals surface area contributed by atoms with Gasteiger partial charge in [-0.15, -0.1) is 0 Å². The first kappa shape index (κ1) is 21.9. The number of nitrogens with zero attached hydrogens (tertiary/aromatic N) is 3. The van der Waals surface area contributed by atoms with Gasteiger partial charge in [-0.3, -0.25) is 4.79 Å². The fourth-order valence-corrected chi connectivity index (χ4v) is 4.38. The predicted octanol–water partition coefficient (Wildman–Crippen LogP) is 5.66. The fourth-order valence-electron chi connectivity index (χ4n) is 3.67. The van der Waals surface area contributed by atoms with Crippen molar-refractivity contribution in [3.05, 3.63) is 88.1 Å². The second kappa shape index (κ2) is 9.54. The average molecular weight is 472 g/mol. The monoisotopic (exact) mass is 471 g/mol. The van der Waals surface area contributed by atoms with Crippen LogP contribution in [0.3, 0.4) is 0 Å². The minimum atomic E-state index is -1.17. The molecule has 0 aliphatic carbocycles. The molecule has 0 aliphatic rings. The zero-order chi connectivity index (χ0) is 23.5. The summed E-state index contributed by atoms with van der Waals surface area (Å²) < 4.78 is 10.9. The van der Waals surface area contributed by atoms with Gasteiger partial charge in [-0.1, -0.05) is 64.9 Å². The molecule has 1 unspecified atom stereocenters. The van der Waals surface area contributed by atoms with E-state index in [1.165, 1.54) is 0 Å². The molecular formula is C26H21N3O4S. The van der Waals surface area contributed by atoms with Crippen molar-refractivity contribution in [2.24, 2.45) is 0 Å². The number of rotatable bonds is 8. The first-order chi connectivity index (χ1) is 16.6. The molecule has 0 aliphatic heterocycles. The van der Waals surface area contributed by atoms with E-state index in [-0.39, 0.29) is 18.1 Å². The van der Waals surface area contributed by atoms with Crippen LogP contribution in [-0.2, 0) is 11.2 Å². The van der Waals surface area contributed by atoms with E-state index < -0.39 is 6.10 Å². The highest BCUT2D eigenvalue weighted by Crippen LogP contribution is 2.31. The molecule has 8 heteroatoms. The van der Waals surface area contributed by atoms with Gasteiger partial charge in [-0.25, -0.2) is 0 Å². The van der Waals surface area contributed by atoms with Crippen LogP contribution in [0, 0.1) is 6.92 Å². The lowest BCUT2D eigenvalue weighted by Gasteiger charge is -2.10. The van der Waals surface area contributed by atoms with Crippen molar-refractivity contribution in [1.29, 1.82) is 0 Å².